The van der Waals surface area contributed by atoms with Crippen molar-refractivity contribution in [3.8, 4) is 0 Å². The van der Waals surface area contributed by atoms with Gasteiger partial charge in [0, 0.05) is 12.1 Å². The minimum Gasteiger partial charge on any atom is -0.479 e. The third-order valence-corrected chi connectivity index (χ3v) is 4.70. The summed E-state index contributed by atoms with van der Waals surface area (Å²) < 4.78 is 26.5. The van der Waals surface area contributed by atoms with Gasteiger partial charge in [0.05, 0.1) is 16.4 Å². The molecule has 3 N–H and O–H groups in total. The molecule has 0 aliphatic heterocycles. The second kappa shape index (κ2) is 5.99. The standard InChI is InChI=1S/C12H16N2O7S/c1-7-4-9(14(18)19)5-8(2)10(7)22(20,21)13-6-12(3,17)11(15)16/h4-5,13,17H,6H2,1-3H3,(H,15,16). The van der Waals surface area contributed by atoms with Crippen molar-refractivity contribution in [3.05, 3.63) is 33.4 Å². The van der Waals surface area contributed by atoms with Crippen LogP contribution in [0.2, 0.25) is 0 Å². The fourth-order valence-electron chi connectivity index (χ4n) is 1.84. The van der Waals surface area contributed by atoms with Crippen LogP contribution in [0.3, 0.4) is 0 Å². The maximum Gasteiger partial charge on any atom is 0.336 e. The molecule has 0 radical (unpaired) electrons. The normalized spacial score (nSPS) is 14.4. The van der Waals surface area contributed by atoms with Crippen LogP contribution in [0, 0.1) is 24.0 Å². The van der Waals surface area contributed by atoms with Crippen LogP contribution in [-0.2, 0) is 14.8 Å². The Kier molecular flexibility index (Phi) is 4.90. The van der Waals surface area contributed by atoms with Gasteiger partial charge in [-0.1, -0.05) is 0 Å². The van der Waals surface area contributed by atoms with Gasteiger partial charge in [0.25, 0.3) is 5.69 Å². The zero-order chi connectivity index (χ0) is 17.3. The van der Waals surface area contributed by atoms with Crippen molar-refractivity contribution >= 4 is 21.7 Å². The molecule has 0 aliphatic carbocycles. The lowest BCUT2D eigenvalue weighted by Gasteiger charge is -2.19. The molecule has 0 spiro atoms. The number of non-ortho nitro benzene ring substituents is 1. The number of hydrogen-bond acceptors (Lipinski definition) is 6. The maximum atomic E-state index is 12.2. The minimum atomic E-state index is -4.13. The zero-order valence-electron chi connectivity index (χ0n) is 12.2. The quantitative estimate of drug-likeness (QED) is 0.502. The van der Waals surface area contributed by atoms with Gasteiger partial charge in [0.2, 0.25) is 10.0 Å². The highest BCUT2D eigenvalue weighted by Gasteiger charge is 2.32. The zero-order valence-corrected chi connectivity index (χ0v) is 13.0. The molecule has 1 aromatic carbocycles. The summed E-state index contributed by atoms with van der Waals surface area (Å²) >= 11 is 0. The van der Waals surface area contributed by atoms with E-state index in [-0.39, 0.29) is 21.7 Å². The third kappa shape index (κ3) is 3.78. The lowest BCUT2D eigenvalue weighted by atomic mass is 10.1. The Morgan fingerprint density at radius 1 is 1.36 bits per heavy atom. The van der Waals surface area contributed by atoms with E-state index in [2.05, 4.69) is 0 Å². The first kappa shape index (κ1) is 18.0. The van der Waals surface area contributed by atoms with E-state index < -0.39 is 33.1 Å². The van der Waals surface area contributed by atoms with Gasteiger partial charge in [-0.25, -0.2) is 17.9 Å². The number of sulfonamides is 1. The topological polar surface area (TPSA) is 147 Å². The Labute approximate surface area is 126 Å². The molecule has 0 amide bonds. The number of nitrogens with zero attached hydrogens (tertiary/aromatic N) is 1. The van der Waals surface area contributed by atoms with Gasteiger partial charge >= 0.3 is 5.97 Å². The summed E-state index contributed by atoms with van der Waals surface area (Å²) in [6.07, 6.45) is 0. The number of nitrogens with one attached hydrogen (secondary N) is 1. The van der Waals surface area contributed by atoms with Gasteiger partial charge in [-0.15, -0.1) is 0 Å². The highest BCUT2D eigenvalue weighted by Crippen LogP contribution is 2.25. The first-order chi connectivity index (χ1) is 9.88. The Balaban J connectivity index is 3.19. The van der Waals surface area contributed by atoms with E-state index in [1.54, 1.807) is 0 Å². The summed E-state index contributed by atoms with van der Waals surface area (Å²) in [5, 5.41) is 29.0. The predicted molar refractivity (Wildman–Crippen MR) is 76.0 cm³/mol. The Morgan fingerprint density at radius 2 is 1.82 bits per heavy atom. The predicted octanol–water partition coefficient (Wildman–Crippen LogP) is 0.326. The number of carbonyl (C=O) groups is 1. The summed E-state index contributed by atoms with van der Waals surface area (Å²) in [7, 11) is -4.13. The van der Waals surface area contributed by atoms with Gasteiger partial charge in [-0.05, 0) is 31.9 Å². The lowest BCUT2D eigenvalue weighted by molar-refractivity contribution is -0.385. The third-order valence-electron chi connectivity index (χ3n) is 2.99. The van der Waals surface area contributed by atoms with Gasteiger partial charge in [-0.3, -0.25) is 10.1 Å². The van der Waals surface area contributed by atoms with Gasteiger partial charge in [0.1, 0.15) is 0 Å². The van der Waals surface area contributed by atoms with E-state index in [9.17, 15) is 28.4 Å². The van der Waals surface area contributed by atoms with E-state index in [4.69, 9.17) is 5.11 Å². The molecular weight excluding hydrogens is 316 g/mol. The fraction of sp³-hybridized carbons (Fsp3) is 0.417. The van der Waals surface area contributed by atoms with Crippen molar-refractivity contribution in [2.75, 3.05) is 6.54 Å². The number of carboxylic acids is 1. The van der Waals surface area contributed by atoms with E-state index in [1.807, 2.05) is 4.72 Å². The van der Waals surface area contributed by atoms with Gasteiger partial charge in [0.15, 0.2) is 5.60 Å². The molecule has 0 fully saturated rings. The molecule has 9 nitrogen and oxygen atoms in total. The van der Waals surface area contributed by atoms with Crippen LogP contribution in [0.25, 0.3) is 0 Å². The van der Waals surface area contributed by atoms with Crippen LogP contribution in [0.4, 0.5) is 5.69 Å². The van der Waals surface area contributed by atoms with Crippen LogP contribution in [0.5, 0.6) is 0 Å². The SMILES string of the molecule is Cc1cc([N+](=O)[O-])cc(C)c1S(=O)(=O)NCC(C)(O)C(=O)O. The van der Waals surface area contributed by atoms with Crippen LogP contribution in [-0.4, -0.2) is 41.7 Å². The number of aliphatic hydroxyl groups is 1. The molecule has 0 aliphatic rings. The summed E-state index contributed by atoms with van der Waals surface area (Å²) in [5.74, 6) is -1.58. The molecule has 1 unspecified atom stereocenters. The fourth-order valence-corrected chi connectivity index (χ4v) is 3.42. The molecule has 0 heterocycles. The lowest BCUT2D eigenvalue weighted by Crippen LogP contribution is -2.46. The number of hydrogen-bond donors (Lipinski definition) is 3. The molecule has 0 aromatic heterocycles. The van der Waals surface area contributed by atoms with Crippen molar-refractivity contribution < 1.29 is 28.3 Å². The van der Waals surface area contributed by atoms with Crippen molar-refractivity contribution in [3.63, 3.8) is 0 Å². The van der Waals surface area contributed by atoms with E-state index in [0.29, 0.717) is 0 Å². The van der Waals surface area contributed by atoms with Crippen LogP contribution < -0.4 is 4.72 Å². The second-order valence-corrected chi connectivity index (χ2v) is 6.77. The molecule has 1 atom stereocenters. The van der Waals surface area contributed by atoms with E-state index in [1.165, 1.54) is 13.8 Å². The smallest absolute Gasteiger partial charge is 0.336 e. The van der Waals surface area contributed by atoms with E-state index >= 15 is 0 Å². The molecule has 0 bridgehead atoms. The second-order valence-electron chi connectivity index (χ2n) is 5.07. The molecule has 10 heteroatoms. The number of benzene rings is 1. The number of aliphatic carboxylic acids is 1. The molecule has 1 aromatic rings. The first-order valence-electron chi connectivity index (χ1n) is 6.09. The van der Waals surface area contributed by atoms with Crippen molar-refractivity contribution in [2.45, 2.75) is 31.3 Å². The number of aryl methyl sites for hydroxylation is 2. The van der Waals surface area contributed by atoms with Crippen molar-refractivity contribution in [1.29, 1.82) is 0 Å². The molecule has 0 saturated carbocycles. The summed E-state index contributed by atoms with van der Waals surface area (Å²) in [6.45, 7) is 3.00. The highest BCUT2D eigenvalue weighted by molar-refractivity contribution is 7.89. The average Bonchev–Trinajstić information content (AvgIpc) is 2.35. The first-order valence-corrected chi connectivity index (χ1v) is 7.58. The Morgan fingerprint density at radius 3 is 2.18 bits per heavy atom. The average molecular weight is 332 g/mol. The minimum absolute atomic E-state index is 0.147. The van der Waals surface area contributed by atoms with E-state index in [0.717, 1.165) is 19.1 Å². The van der Waals surface area contributed by atoms with Crippen LogP contribution in [0.15, 0.2) is 17.0 Å². The number of nitro benzene ring substituents is 1. The van der Waals surface area contributed by atoms with Crippen molar-refractivity contribution in [2.24, 2.45) is 0 Å². The largest absolute Gasteiger partial charge is 0.479 e. The number of nitro groups is 1. The molecule has 0 saturated heterocycles. The Bertz CT molecular complexity index is 702. The summed E-state index contributed by atoms with van der Waals surface area (Å²) in [4.78, 5) is 20.7. The van der Waals surface area contributed by atoms with Crippen molar-refractivity contribution in [1.82, 2.24) is 4.72 Å². The molecule has 122 valence electrons. The Hall–Kier alpha value is -2.04. The monoisotopic (exact) mass is 332 g/mol. The van der Waals surface area contributed by atoms with Crippen LogP contribution >= 0.6 is 0 Å². The number of rotatable bonds is 6. The summed E-state index contributed by atoms with van der Waals surface area (Å²) in [6, 6.07) is 2.22. The molecular formula is C12H16N2O7S. The van der Waals surface area contributed by atoms with Gasteiger partial charge < -0.3 is 10.2 Å². The maximum absolute atomic E-state index is 12.2. The van der Waals surface area contributed by atoms with Crippen LogP contribution in [0.1, 0.15) is 18.1 Å². The van der Waals surface area contributed by atoms with Gasteiger partial charge in [-0.2, -0.15) is 0 Å². The number of carboxylic acid groups (broad SMARTS) is 1. The highest BCUT2D eigenvalue weighted by atomic mass is 32.2. The molecule has 22 heavy (non-hydrogen) atoms. The summed E-state index contributed by atoms with van der Waals surface area (Å²) in [5.41, 5.74) is -2.22. The molecule has 1 rings (SSSR count).